The van der Waals surface area contributed by atoms with Crippen LogP contribution in [-0.4, -0.2) is 21.1 Å². The molecule has 1 unspecified atom stereocenters. The van der Waals surface area contributed by atoms with E-state index in [2.05, 4.69) is 20.3 Å². The lowest BCUT2D eigenvalue weighted by atomic mass is 10.4. The van der Waals surface area contributed by atoms with E-state index in [4.69, 9.17) is 17.2 Å². The molecule has 1 aromatic heterocycles. The highest BCUT2D eigenvalue weighted by Crippen LogP contribution is 2.04. The molecule has 0 aliphatic heterocycles. The largest absolute Gasteiger partial charge is 0.368 e. The molecule has 13 heavy (non-hydrogen) atoms. The smallest absolute Gasteiger partial charge is 0.230 e. The molecule has 1 heterocycles. The van der Waals surface area contributed by atoms with E-state index < -0.39 is 0 Å². The van der Waals surface area contributed by atoms with Gasteiger partial charge in [0.1, 0.15) is 0 Å². The average molecular weight is 183 g/mol. The van der Waals surface area contributed by atoms with E-state index in [1.165, 1.54) is 0 Å². The number of nitrogens with zero attached hydrogens (tertiary/aromatic N) is 3. The first-order valence-corrected chi connectivity index (χ1v) is 3.91. The maximum Gasteiger partial charge on any atom is 0.230 e. The van der Waals surface area contributed by atoms with Gasteiger partial charge in [0, 0.05) is 0 Å². The third-order valence-electron chi connectivity index (χ3n) is 1.42. The zero-order valence-corrected chi connectivity index (χ0v) is 7.36. The Morgan fingerprint density at radius 1 is 1.23 bits per heavy atom. The fraction of sp³-hybridized carbons (Fsp3) is 0.500. The van der Waals surface area contributed by atoms with Crippen LogP contribution < -0.4 is 22.5 Å². The fourth-order valence-corrected chi connectivity index (χ4v) is 0.742. The van der Waals surface area contributed by atoms with Crippen LogP contribution in [0.25, 0.3) is 0 Å². The molecule has 0 spiro atoms. The van der Waals surface area contributed by atoms with Crippen molar-refractivity contribution in [3.8, 4) is 0 Å². The van der Waals surface area contributed by atoms with E-state index in [0.29, 0.717) is 5.95 Å². The molecule has 1 rings (SSSR count). The molecule has 0 aliphatic rings. The summed E-state index contributed by atoms with van der Waals surface area (Å²) in [5.41, 5.74) is 16.3. The molecule has 0 saturated carbocycles. The summed E-state index contributed by atoms with van der Waals surface area (Å²) in [6, 6.07) is 0. The van der Waals surface area contributed by atoms with Crippen LogP contribution in [0.1, 0.15) is 13.3 Å². The van der Waals surface area contributed by atoms with Crippen LogP contribution in [0.3, 0.4) is 0 Å². The van der Waals surface area contributed by atoms with Crippen molar-refractivity contribution in [2.45, 2.75) is 19.5 Å². The van der Waals surface area contributed by atoms with Gasteiger partial charge < -0.3 is 22.5 Å². The van der Waals surface area contributed by atoms with Gasteiger partial charge in [-0.05, 0) is 6.42 Å². The van der Waals surface area contributed by atoms with Gasteiger partial charge in [0.05, 0.1) is 6.17 Å². The van der Waals surface area contributed by atoms with Crippen molar-refractivity contribution in [2.24, 2.45) is 5.73 Å². The van der Waals surface area contributed by atoms with Crippen molar-refractivity contribution in [1.82, 2.24) is 15.0 Å². The van der Waals surface area contributed by atoms with E-state index >= 15 is 0 Å². The number of hydrogen-bond donors (Lipinski definition) is 4. The Morgan fingerprint density at radius 3 is 2.23 bits per heavy atom. The molecule has 0 fully saturated rings. The minimum atomic E-state index is -0.207. The lowest BCUT2D eigenvalue weighted by Gasteiger charge is -2.10. The van der Waals surface area contributed by atoms with E-state index in [0.717, 1.165) is 6.42 Å². The van der Waals surface area contributed by atoms with Gasteiger partial charge in [-0.2, -0.15) is 15.0 Å². The second kappa shape index (κ2) is 3.85. The normalized spacial score (nSPS) is 12.5. The molecule has 7 N–H and O–H groups in total. The minimum absolute atomic E-state index is 0.0818. The van der Waals surface area contributed by atoms with Crippen molar-refractivity contribution < 1.29 is 0 Å². The Morgan fingerprint density at radius 2 is 1.77 bits per heavy atom. The molecular formula is C6H13N7. The number of aromatic nitrogens is 3. The minimum Gasteiger partial charge on any atom is -0.368 e. The summed E-state index contributed by atoms with van der Waals surface area (Å²) in [5, 5.41) is 2.83. The zero-order chi connectivity index (χ0) is 9.84. The molecule has 0 aromatic carbocycles. The van der Waals surface area contributed by atoms with Gasteiger partial charge >= 0.3 is 0 Å². The van der Waals surface area contributed by atoms with Gasteiger partial charge in [0.2, 0.25) is 17.8 Å². The predicted octanol–water partition coefficient (Wildman–Crippen LogP) is -0.857. The highest BCUT2D eigenvalue weighted by atomic mass is 15.2. The summed E-state index contributed by atoms with van der Waals surface area (Å²) in [6.45, 7) is 1.94. The topological polar surface area (TPSA) is 129 Å². The van der Waals surface area contributed by atoms with Crippen molar-refractivity contribution in [1.29, 1.82) is 0 Å². The van der Waals surface area contributed by atoms with E-state index in [-0.39, 0.29) is 18.1 Å². The molecular weight excluding hydrogens is 170 g/mol. The first kappa shape index (κ1) is 9.46. The van der Waals surface area contributed by atoms with Gasteiger partial charge in [-0.25, -0.2) is 0 Å². The predicted molar refractivity (Wildman–Crippen MR) is 50.5 cm³/mol. The highest BCUT2D eigenvalue weighted by Gasteiger charge is 2.04. The summed E-state index contributed by atoms with van der Waals surface area (Å²) in [4.78, 5) is 11.2. The number of anilines is 3. The average Bonchev–Trinajstić information content (AvgIpc) is 2.02. The summed E-state index contributed by atoms with van der Waals surface area (Å²) < 4.78 is 0. The molecule has 7 heteroatoms. The first-order chi connectivity index (χ1) is 6.11. The SMILES string of the molecule is CCC(N)Nc1nc(N)nc(N)n1. The molecule has 72 valence electrons. The Labute approximate surface area is 75.8 Å². The zero-order valence-electron chi connectivity index (χ0n) is 7.36. The highest BCUT2D eigenvalue weighted by molar-refractivity contribution is 5.37. The van der Waals surface area contributed by atoms with Gasteiger partial charge in [0.25, 0.3) is 0 Å². The van der Waals surface area contributed by atoms with Crippen LogP contribution in [0.15, 0.2) is 0 Å². The number of nitrogens with two attached hydrogens (primary N) is 3. The van der Waals surface area contributed by atoms with Crippen molar-refractivity contribution in [3.63, 3.8) is 0 Å². The summed E-state index contributed by atoms with van der Waals surface area (Å²) in [6.07, 6.45) is 0.548. The lowest BCUT2D eigenvalue weighted by molar-refractivity contribution is 0.719. The lowest BCUT2D eigenvalue weighted by Crippen LogP contribution is -2.29. The van der Waals surface area contributed by atoms with E-state index in [1.54, 1.807) is 0 Å². The molecule has 1 atom stereocenters. The van der Waals surface area contributed by atoms with E-state index in [1.807, 2.05) is 6.92 Å². The van der Waals surface area contributed by atoms with Crippen LogP contribution in [0.5, 0.6) is 0 Å². The third kappa shape index (κ3) is 2.71. The number of nitrogens with one attached hydrogen (secondary N) is 1. The third-order valence-corrected chi connectivity index (χ3v) is 1.42. The van der Waals surface area contributed by atoms with Crippen LogP contribution in [0, 0.1) is 0 Å². The van der Waals surface area contributed by atoms with Crippen LogP contribution >= 0.6 is 0 Å². The Hall–Kier alpha value is -1.63. The maximum absolute atomic E-state index is 5.61. The van der Waals surface area contributed by atoms with Gasteiger partial charge in [-0.15, -0.1) is 0 Å². The molecule has 0 saturated heterocycles. The Bertz CT molecular complexity index is 266. The van der Waals surface area contributed by atoms with Crippen LogP contribution in [-0.2, 0) is 0 Å². The molecule has 0 bridgehead atoms. The number of nitrogen functional groups attached to an aromatic ring is 2. The monoisotopic (exact) mass is 183 g/mol. The standard InChI is InChI=1S/C6H13N7/c1-2-3(7)10-6-12-4(8)11-5(9)13-6/h3H,2,7H2,1H3,(H5,8,9,10,11,12,13). The number of hydrogen-bond acceptors (Lipinski definition) is 7. The van der Waals surface area contributed by atoms with Crippen LogP contribution in [0.4, 0.5) is 17.8 Å². The van der Waals surface area contributed by atoms with Gasteiger partial charge in [0.15, 0.2) is 0 Å². The molecule has 1 aromatic rings. The quantitative estimate of drug-likeness (QED) is 0.449. The molecule has 0 aliphatic carbocycles. The second-order valence-electron chi connectivity index (χ2n) is 2.53. The fourth-order valence-electron chi connectivity index (χ4n) is 0.742. The van der Waals surface area contributed by atoms with Gasteiger partial charge in [-0.1, -0.05) is 6.92 Å². The summed E-state index contributed by atoms with van der Waals surface area (Å²) in [5.74, 6) is 0.468. The molecule has 0 amide bonds. The van der Waals surface area contributed by atoms with Crippen molar-refractivity contribution in [2.75, 3.05) is 16.8 Å². The molecule has 0 radical (unpaired) electrons. The summed E-state index contributed by atoms with van der Waals surface area (Å²) >= 11 is 0. The Kier molecular flexibility index (Phi) is 2.80. The van der Waals surface area contributed by atoms with Gasteiger partial charge in [-0.3, -0.25) is 0 Å². The van der Waals surface area contributed by atoms with Crippen LogP contribution in [0.2, 0.25) is 0 Å². The summed E-state index contributed by atoms with van der Waals surface area (Å²) in [7, 11) is 0. The van der Waals surface area contributed by atoms with E-state index in [9.17, 15) is 0 Å². The number of rotatable bonds is 3. The Balaban J connectivity index is 2.77. The maximum atomic E-state index is 5.61. The van der Waals surface area contributed by atoms with Crippen molar-refractivity contribution in [3.05, 3.63) is 0 Å². The second-order valence-corrected chi connectivity index (χ2v) is 2.53. The first-order valence-electron chi connectivity index (χ1n) is 3.91. The van der Waals surface area contributed by atoms with Crippen molar-refractivity contribution >= 4 is 17.8 Å². The molecule has 7 nitrogen and oxygen atoms in total.